The van der Waals surface area contributed by atoms with Gasteiger partial charge < -0.3 is 4.52 Å². The zero-order valence-corrected chi connectivity index (χ0v) is 8.87. The van der Waals surface area contributed by atoms with Crippen molar-refractivity contribution in [1.29, 1.82) is 0 Å². The Morgan fingerprint density at radius 1 is 1.27 bits per heavy atom. The molecule has 3 nitrogen and oxygen atoms in total. The van der Waals surface area contributed by atoms with Gasteiger partial charge in [0.25, 0.3) is 0 Å². The van der Waals surface area contributed by atoms with Gasteiger partial charge in [-0.1, -0.05) is 23.7 Å². The lowest BCUT2D eigenvalue weighted by Crippen LogP contribution is -1.83. The normalized spacial score (nSPS) is 10.5. The molecule has 77 valence electrons. The number of rotatable bonds is 3. The molecule has 4 heteroatoms. The lowest BCUT2D eigenvalue weighted by molar-refractivity contribution is 0.379. The Bertz CT molecular complexity index is 436. The molecule has 0 unspecified atom stereocenters. The predicted octanol–water partition coefficient (Wildman–Crippen LogP) is 3.16. The lowest BCUT2D eigenvalue weighted by Gasteiger charge is -1.93. The molecule has 0 aliphatic rings. The molecule has 1 radical (unpaired) electrons. The zero-order valence-electron chi connectivity index (χ0n) is 8.11. The number of nitrogens with zero attached hydrogens (tertiary/aromatic N) is 2. The van der Waals surface area contributed by atoms with Crippen LogP contribution in [0.5, 0.6) is 0 Å². The zero-order chi connectivity index (χ0) is 10.7. The second-order valence-electron chi connectivity index (χ2n) is 3.12. The number of halogens is 1. The Hall–Kier alpha value is -1.35. The standard InChI is InChI=1S/C11H10ClN2O/c1-2-3-10-13-11(14-15-10)8-4-6-9(12)7-5-8/h4-7H,1-3H2. The van der Waals surface area contributed by atoms with Crippen molar-refractivity contribution in [3.05, 3.63) is 42.1 Å². The Labute approximate surface area is 93.1 Å². The van der Waals surface area contributed by atoms with Gasteiger partial charge in [-0.05, 0) is 30.7 Å². The van der Waals surface area contributed by atoms with Crippen molar-refractivity contribution in [2.45, 2.75) is 12.8 Å². The molecule has 0 amide bonds. The third-order valence-corrected chi connectivity index (χ3v) is 2.21. The number of aromatic nitrogens is 2. The summed E-state index contributed by atoms with van der Waals surface area (Å²) in [4.78, 5) is 4.24. The Morgan fingerprint density at radius 3 is 2.67 bits per heavy atom. The molecule has 0 aliphatic heterocycles. The molecule has 2 aromatic rings. The molecule has 0 bridgehead atoms. The van der Waals surface area contributed by atoms with E-state index in [-0.39, 0.29) is 0 Å². The van der Waals surface area contributed by atoms with Gasteiger partial charge in [-0.2, -0.15) is 4.98 Å². The van der Waals surface area contributed by atoms with Crippen LogP contribution >= 0.6 is 11.6 Å². The number of hydrogen-bond acceptors (Lipinski definition) is 3. The van der Waals surface area contributed by atoms with E-state index in [0.717, 1.165) is 12.0 Å². The van der Waals surface area contributed by atoms with Crippen LogP contribution in [0.4, 0.5) is 0 Å². The summed E-state index contributed by atoms with van der Waals surface area (Å²) in [6.45, 7) is 3.73. The molecule has 1 aromatic carbocycles. The Balaban J connectivity index is 2.25. The van der Waals surface area contributed by atoms with E-state index in [1.807, 2.05) is 12.1 Å². The molecule has 0 N–H and O–H groups in total. The van der Waals surface area contributed by atoms with Crippen molar-refractivity contribution in [2.24, 2.45) is 0 Å². The topological polar surface area (TPSA) is 38.9 Å². The molecule has 1 aromatic heterocycles. The molecule has 0 spiro atoms. The van der Waals surface area contributed by atoms with E-state index in [1.54, 1.807) is 12.1 Å². The van der Waals surface area contributed by atoms with Crippen LogP contribution in [0.2, 0.25) is 5.02 Å². The van der Waals surface area contributed by atoms with Crippen molar-refractivity contribution < 1.29 is 4.52 Å². The van der Waals surface area contributed by atoms with Gasteiger partial charge in [0.1, 0.15) is 0 Å². The van der Waals surface area contributed by atoms with Crippen LogP contribution in [0.15, 0.2) is 28.8 Å². The number of benzene rings is 1. The molecule has 0 aliphatic carbocycles. The van der Waals surface area contributed by atoms with Gasteiger partial charge in [-0.25, -0.2) is 0 Å². The Kier molecular flexibility index (Phi) is 3.02. The van der Waals surface area contributed by atoms with E-state index in [4.69, 9.17) is 16.1 Å². The lowest BCUT2D eigenvalue weighted by atomic mass is 10.2. The van der Waals surface area contributed by atoms with Crippen LogP contribution in [0, 0.1) is 6.92 Å². The summed E-state index contributed by atoms with van der Waals surface area (Å²) in [7, 11) is 0. The molecule has 2 rings (SSSR count). The van der Waals surface area contributed by atoms with Crippen molar-refractivity contribution in [1.82, 2.24) is 10.1 Å². The van der Waals surface area contributed by atoms with E-state index in [2.05, 4.69) is 17.1 Å². The molecular formula is C11H10ClN2O. The van der Waals surface area contributed by atoms with E-state index in [0.29, 0.717) is 23.2 Å². The van der Waals surface area contributed by atoms with E-state index in [9.17, 15) is 0 Å². The van der Waals surface area contributed by atoms with Crippen LogP contribution < -0.4 is 0 Å². The second kappa shape index (κ2) is 4.45. The van der Waals surface area contributed by atoms with Gasteiger partial charge in [-0.15, -0.1) is 0 Å². The minimum absolute atomic E-state index is 0.593. The first-order valence-electron chi connectivity index (χ1n) is 4.67. The van der Waals surface area contributed by atoms with Crippen molar-refractivity contribution in [3.8, 4) is 11.4 Å². The smallest absolute Gasteiger partial charge is 0.226 e. The fraction of sp³-hybridized carbons (Fsp3) is 0.182. The van der Waals surface area contributed by atoms with Gasteiger partial charge in [-0.3, -0.25) is 0 Å². The van der Waals surface area contributed by atoms with Crippen LogP contribution in [-0.4, -0.2) is 10.1 Å². The summed E-state index contributed by atoms with van der Waals surface area (Å²) in [5.74, 6) is 1.21. The molecule has 1 heterocycles. The summed E-state index contributed by atoms with van der Waals surface area (Å²) in [6.07, 6.45) is 1.46. The molecule has 0 saturated heterocycles. The van der Waals surface area contributed by atoms with Gasteiger partial charge in [0.15, 0.2) is 0 Å². The van der Waals surface area contributed by atoms with Gasteiger partial charge >= 0.3 is 0 Å². The quantitative estimate of drug-likeness (QED) is 0.799. The summed E-state index contributed by atoms with van der Waals surface area (Å²) in [5.41, 5.74) is 0.901. The molecule has 0 saturated carbocycles. The minimum atomic E-state index is 0.593. The summed E-state index contributed by atoms with van der Waals surface area (Å²) in [6, 6.07) is 7.32. The van der Waals surface area contributed by atoms with Crippen LogP contribution in [0.1, 0.15) is 12.3 Å². The maximum Gasteiger partial charge on any atom is 0.226 e. The second-order valence-corrected chi connectivity index (χ2v) is 3.56. The first kappa shape index (κ1) is 10.2. The largest absolute Gasteiger partial charge is 0.339 e. The highest BCUT2D eigenvalue weighted by Gasteiger charge is 2.07. The van der Waals surface area contributed by atoms with E-state index < -0.39 is 0 Å². The fourth-order valence-corrected chi connectivity index (χ4v) is 1.35. The maximum atomic E-state index is 5.78. The molecule has 0 atom stereocenters. The first-order valence-corrected chi connectivity index (χ1v) is 5.05. The number of hydrogen-bond donors (Lipinski definition) is 0. The predicted molar refractivity (Wildman–Crippen MR) is 58.4 cm³/mol. The average molecular weight is 222 g/mol. The van der Waals surface area contributed by atoms with Crippen LogP contribution in [-0.2, 0) is 6.42 Å². The summed E-state index contributed by atoms with van der Waals surface area (Å²) < 4.78 is 5.06. The monoisotopic (exact) mass is 221 g/mol. The van der Waals surface area contributed by atoms with E-state index in [1.165, 1.54) is 0 Å². The highest BCUT2D eigenvalue weighted by atomic mass is 35.5. The van der Waals surface area contributed by atoms with Crippen LogP contribution in [0.3, 0.4) is 0 Å². The fourth-order valence-electron chi connectivity index (χ4n) is 1.22. The Morgan fingerprint density at radius 2 is 2.00 bits per heavy atom. The third-order valence-electron chi connectivity index (χ3n) is 1.96. The molecular weight excluding hydrogens is 212 g/mol. The van der Waals surface area contributed by atoms with Gasteiger partial charge in [0, 0.05) is 17.0 Å². The molecule has 15 heavy (non-hydrogen) atoms. The highest BCUT2D eigenvalue weighted by molar-refractivity contribution is 6.30. The average Bonchev–Trinajstić information content (AvgIpc) is 2.68. The SMILES string of the molecule is [CH2]CCc1nc(-c2ccc(Cl)cc2)no1. The highest BCUT2D eigenvalue weighted by Crippen LogP contribution is 2.18. The van der Waals surface area contributed by atoms with Crippen molar-refractivity contribution >= 4 is 11.6 Å². The van der Waals surface area contributed by atoms with E-state index >= 15 is 0 Å². The van der Waals surface area contributed by atoms with Gasteiger partial charge in [0.05, 0.1) is 0 Å². The van der Waals surface area contributed by atoms with Gasteiger partial charge in [0.2, 0.25) is 11.7 Å². The maximum absolute atomic E-state index is 5.78. The summed E-state index contributed by atoms with van der Waals surface area (Å²) in [5, 5.41) is 4.57. The number of aryl methyl sites for hydroxylation is 1. The third kappa shape index (κ3) is 2.36. The van der Waals surface area contributed by atoms with Crippen LogP contribution in [0.25, 0.3) is 11.4 Å². The minimum Gasteiger partial charge on any atom is -0.339 e. The first-order chi connectivity index (χ1) is 7.29. The van der Waals surface area contributed by atoms with Crippen molar-refractivity contribution in [3.63, 3.8) is 0 Å². The van der Waals surface area contributed by atoms with Crippen molar-refractivity contribution in [2.75, 3.05) is 0 Å². The molecule has 0 fully saturated rings. The summed E-state index contributed by atoms with van der Waals surface area (Å²) >= 11 is 5.78.